The second-order valence-electron chi connectivity index (χ2n) is 2.24. The summed E-state index contributed by atoms with van der Waals surface area (Å²) in [7, 11) is 3.91. The molecule has 3 nitrogen and oxygen atoms in total. The van der Waals surface area contributed by atoms with Crippen molar-refractivity contribution in [2.75, 3.05) is 7.05 Å². The molecule has 2 N–H and O–H groups in total. The maximum absolute atomic E-state index is 10.6. The Balaban J connectivity index is 3.71. The Morgan fingerprint density at radius 3 is 2.00 bits per heavy atom. The molecule has 4 heteroatoms. The van der Waals surface area contributed by atoms with Crippen molar-refractivity contribution in [1.29, 1.82) is 0 Å². The van der Waals surface area contributed by atoms with Crippen molar-refractivity contribution in [2.45, 2.75) is 19.5 Å². The first-order valence-electron chi connectivity index (χ1n) is 2.49. The zero-order valence-corrected chi connectivity index (χ0v) is 6.64. The smallest absolute Gasteiger partial charge is 0.145 e. The summed E-state index contributed by atoms with van der Waals surface area (Å²) in [6.45, 7) is 3.67. The van der Waals surface area contributed by atoms with Gasteiger partial charge in [0.2, 0.25) is 0 Å². The maximum Gasteiger partial charge on any atom is 0.145 e. The summed E-state index contributed by atoms with van der Waals surface area (Å²) in [5.74, 6) is 0. The minimum atomic E-state index is -0.384. The molecule has 0 aliphatic heterocycles. The van der Waals surface area contributed by atoms with Crippen LogP contribution in [0.4, 0.5) is 0 Å². The van der Waals surface area contributed by atoms with Gasteiger partial charge in [-0.25, -0.2) is 0 Å². The SMILES string of the molecule is CNC(C)(C)[NH+]([O-])P. The van der Waals surface area contributed by atoms with Crippen LogP contribution in [0, 0.1) is 5.21 Å². The Morgan fingerprint density at radius 1 is 1.62 bits per heavy atom. The van der Waals surface area contributed by atoms with Gasteiger partial charge in [0, 0.05) is 13.8 Å². The number of hydrogen-bond acceptors (Lipinski definition) is 2. The summed E-state index contributed by atoms with van der Waals surface area (Å²) < 4.78 is 0. The highest BCUT2D eigenvalue weighted by atomic mass is 31.0. The molecule has 0 amide bonds. The molecule has 0 aliphatic carbocycles. The van der Waals surface area contributed by atoms with Gasteiger partial charge in [-0.3, -0.25) is 5.32 Å². The zero-order chi connectivity index (χ0) is 6.78. The van der Waals surface area contributed by atoms with Crippen LogP contribution in [-0.2, 0) is 0 Å². The van der Waals surface area contributed by atoms with Gasteiger partial charge in [-0.1, -0.05) is 0 Å². The van der Waals surface area contributed by atoms with E-state index >= 15 is 0 Å². The molecule has 0 aromatic rings. The third kappa shape index (κ3) is 2.05. The molecule has 0 rings (SSSR count). The molecule has 2 atom stereocenters. The first kappa shape index (κ1) is 8.31. The van der Waals surface area contributed by atoms with Crippen molar-refractivity contribution in [1.82, 2.24) is 5.32 Å². The van der Waals surface area contributed by atoms with E-state index < -0.39 is 0 Å². The Morgan fingerprint density at radius 2 is 2.00 bits per heavy atom. The van der Waals surface area contributed by atoms with Gasteiger partial charge in [0.05, 0.1) is 9.39 Å². The third-order valence-electron chi connectivity index (χ3n) is 1.24. The average molecular weight is 136 g/mol. The van der Waals surface area contributed by atoms with E-state index in [0.29, 0.717) is 0 Å². The number of hydroxylamine groups is 1. The van der Waals surface area contributed by atoms with Crippen molar-refractivity contribution in [2.24, 2.45) is 0 Å². The lowest BCUT2D eigenvalue weighted by molar-refractivity contribution is -0.769. The molecule has 0 fully saturated rings. The molecule has 2 unspecified atom stereocenters. The minimum Gasteiger partial charge on any atom is -0.632 e. The fourth-order valence-corrected chi connectivity index (χ4v) is 0.268. The predicted molar refractivity (Wildman–Crippen MR) is 37.2 cm³/mol. The van der Waals surface area contributed by atoms with Crippen LogP contribution < -0.4 is 10.2 Å². The van der Waals surface area contributed by atoms with Crippen LogP contribution >= 0.6 is 9.39 Å². The summed E-state index contributed by atoms with van der Waals surface area (Å²) in [6.07, 6.45) is 0. The van der Waals surface area contributed by atoms with Crippen molar-refractivity contribution in [3.63, 3.8) is 0 Å². The summed E-state index contributed by atoms with van der Waals surface area (Å²) in [4.78, 5) is 0.0833. The van der Waals surface area contributed by atoms with Crippen LogP contribution in [0.1, 0.15) is 13.8 Å². The normalized spacial score (nSPS) is 16.1. The van der Waals surface area contributed by atoms with Crippen molar-refractivity contribution < 1.29 is 4.83 Å². The van der Waals surface area contributed by atoms with Gasteiger partial charge in [-0.2, -0.15) is 0 Å². The van der Waals surface area contributed by atoms with E-state index in [4.69, 9.17) is 0 Å². The van der Waals surface area contributed by atoms with E-state index in [2.05, 4.69) is 14.7 Å². The summed E-state index contributed by atoms with van der Waals surface area (Å²) in [6, 6.07) is 0. The van der Waals surface area contributed by atoms with E-state index in [1.165, 1.54) is 0 Å². The van der Waals surface area contributed by atoms with E-state index in [9.17, 15) is 5.21 Å². The standard InChI is InChI=1S/C4H13N2OP/c1-4(2,5-3)6(7)8/h5-6H,8H2,1-3H3. The fraction of sp³-hybridized carbons (Fsp3) is 1.00. The first-order chi connectivity index (χ1) is 3.50. The highest BCUT2D eigenvalue weighted by Gasteiger charge is 2.17. The van der Waals surface area contributed by atoms with Gasteiger partial charge in [-0.05, 0) is 7.05 Å². The Bertz CT molecular complexity index is 74.4. The van der Waals surface area contributed by atoms with Gasteiger partial charge in [0.15, 0.2) is 0 Å². The topological polar surface area (TPSA) is 39.5 Å². The summed E-state index contributed by atoms with van der Waals surface area (Å²) >= 11 is 0. The van der Waals surface area contributed by atoms with E-state index in [0.717, 1.165) is 0 Å². The molecule has 0 bridgehead atoms. The van der Waals surface area contributed by atoms with Gasteiger partial charge in [-0.15, -0.1) is 0 Å². The lowest BCUT2D eigenvalue weighted by Crippen LogP contribution is -3.09. The molecule has 0 aromatic carbocycles. The molecular weight excluding hydrogens is 123 g/mol. The number of quaternary nitrogens is 1. The zero-order valence-electron chi connectivity index (χ0n) is 5.49. The Labute approximate surface area is 52.3 Å². The van der Waals surface area contributed by atoms with Gasteiger partial charge in [0.25, 0.3) is 0 Å². The molecular formula is C4H13N2OP. The second-order valence-corrected chi connectivity index (χ2v) is 2.76. The third-order valence-corrected chi connectivity index (χ3v) is 1.96. The Kier molecular flexibility index (Phi) is 2.84. The van der Waals surface area contributed by atoms with Crippen LogP contribution in [0.3, 0.4) is 0 Å². The van der Waals surface area contributed by atoms with E-state index in [1.807, 2.05) is 13.8 Å². The molecule has 0 saturated carbocycles. The van der Waals surface area contributed by atoms with E-state index in [1.54, 1.807) is 7.05 Å². The number of hydrogen-bond donors (Lipinski definition) is 2. The van der Waals surface area contributed by atoms with Crippen LogP contribution in [0.2, 0.25) is 0 Å². The van der Waals surface area contributed by atoms with Crippen LogP contribution in [-0.4, -0.2) is 12.7 Å². The lowest BCUT2D eigenvalue weighted by Gasteiger charge is -2.33. The highest BCUT2D eigenvalue weighted by Crippen LogP contribution is 1.87. The van der Waals surface area contributed by atoms with Gasteiger partial charge in [0.1, 0.15) is 5.66 Å². The van der Waals surface area contributed by atoms with Gasteiger partial charge >= 0.3 is 0 Å². The number of rotatable bonds is 2. The average Bonchev–Trinajstić information content (AvgIpc) is 1.67. The molecule has 0 aromatic heterocycles. The van der Waals surface area contributed by atoms with Crippen LogP contribution in [0.15, 0.2) is 0 Å². The van der Waals surface area contributed by atoms with Crippen LogP contribution in [0.25, 0.3) is 0 Å². The molecule has 0 aliphatic rings. The Hall–Kier alpha value is 0.310. The van der Waals surface area contributed by atoms with E-state index in [-0.39, 0.29) is 10.5 Å². The predicted octanol–water partition coefficient (Wildman–Crippen LogP) is -0.885. The molecule has 50 valence electrons. The molecule has 0 spiro atoms. The van der Waals surface area contributed by atoms with Crippen molar-refractivity contribution in [3.05, 3.63) is 5.21 Å². The molecule has 0 saturated heterocycles. The number of nitrogens with one attached hydrogen (secondary N) is 2. The minimum absolute atomic E-state index is 0.0833. The van der Waals surface area contributed by atoms with Gasteiger partial charge < -0.3 is 10.0 Å². The maximum atomic E-state index is 10.6. The van der Waals surface area contributed by atoms with Crippen molar-refractivity contribution in [3.8, 4) is 0 Å². The van der Waals surface area contributed by atoms with Crippen molar-refractivity contribution >= 4 is 9.39 Å². The largest absolute Gasteiger partial charge is 0.632 e. The molecule has 8 heavy (non-hydrogen) atoms. The first-order valence-corrected chi connectivity index (χ1v) is 3.07. The molecule has 0 radical (unpaired) electrons. The summed E-state index contributed by atoms with van der Waals surface area (Å²) in [5, 5.41) is 13.5. The second kappa shape index (κ2) is 2.74. The highest BCUT2D eigenvalue weighted by molar-refractivity contribution is 7.07. The lowest BCUT2D eigenvalue weighted by atomic mass is 10.3. The monoisotopic (exact) mass is 136 g/mol. The van der Waals surface area contributed by atoms with Crippen LogP contribution in [0.5, 0.6) is 0 Å². The quantitative estimate of drug-likeness (QED) is 0.294. The molecule has 0 heterocycles. The fourth-order valence-electron chi connectivity index (χ4n) is 0.123. The summed E-state index contributed by atoms with van der Waals surface area (Å²) in [5.41, 5.74) is -0.384.